The van der Waals surface area contributed by atoms with Crippen LogP contribution in [-0.2, 0) is 9.47 Å². The maximum Gasteiger partial charge on any atom is 0.168 e. The fourth-order valence-electron chi connectivity index (χ4n) is 2.41. The second kappa shape index (κ2) is 5.11. The second-order valence-corrected chi connectivity index (χ2v) is 11.2. The van der Waals surface area contributed by atoms with Gasteiger partial charge in [-0.15, -0.1) is 5.73 Å². The first kappa shape index (κ1) is 13.1. The van der Waals surface area contributed by atoms with Crippen molar-refractivity contribution in [2.45, 2.75) is 57.5 Å². The van der Waals surface area contributed by atoms with Gasteiger partial charge in [0.15, 0.2) is 5.79 Å². The first-order valence-corrected chi connectivity index (χ1v) is 10.3. The van der Waals surface area contributed by atoms with E-state index in [4.69, 9.17) is 9.47 Å². The second-order valence-electron chi connectivity index (χ2n) is 6.22. The summed E-state index contributed by atoms with van der Waals surface area (Å²) < 4.78 is 11.6. The molecule has 3 heteroatoms. The summed E-state index contributed by atoms with van der Waals surface area (Å²) in [4.78, 5) is 0. The average molecular weight is 252 g/mol. The van der Waals surface area contributed by atoms with Crippen LogP contribution in [0.5, 0.6) is 0 Å². The predicted octanol–water partition coefficient (Wildman–Crippen LogP) is 3.65. The Hall–Kier alpha value is -0.343. The number of hydrogen-bond donors (Lipinski definition) is 0. The molecule has 1 spiro atoms. The number of ether oxygens (including phenoxy) is 2. The van der Waals surface area contributed by atoms with E-state index in [9.17, 15) is 0 Å². The van der Waals surface area contributed by atoms with Gasteiger partial charge >= 0.3 is 0 Å². The van der Waals surface area contributed by atoms with Gasteiger partial charge < -0.3 is 9.47 Å². The number of rotatable bonds is 1. The molecule has 1 heterocycles. The fourth-order valence-corrected chi connectivity index (χ4v) is 3.05. The van der Waals surface area contributed by atoms with Gasteiger partial charge in [-0.25, -0.2) is 0 Å². The summed E-state index contributed by atoms with van der Waals surface area (Å²) in [7, 11) is -1.12. The molecule has 0 atom stereocenters. The van der Waals surface area contributed by atoms with Crippen LogP contribution in [0.3, 0.4) is 0 Å². The van der Waals surface area contributed by atoms with E-state index in [0.29, 0.717) is 0 Å². The minimum absolute atomic E-state index is 0.247. The van der Waals surface area contributed by atoms with E-state index in [0.717, 1.165) is 38.9 Å². The van der Waals surface area contributed by atoms with Crippen LogP contribution < -0.4 is 0 Å². The zero-order valence-corrected chi connectivity index (χ0v) is 12.3. The lowest BCUT2D eigenvalue weighted by Crippen LogP contribution is -2.28. The van der Waals surface area contributed by atoms with Gasteiger partial charge in [0, 0.05) is 12.8 Å². The molecule has 1 saturated carbocycles. The molecular weight excluding hydrogens is 228 g/mol. The molecule has 96 valence electrons. The Morgan fingerprint density at radius 3 is 2.47 bits per heavy atom. The van der Waals surface area contributed by atoms with Gasteiger partial charge in [-0.3, -0.25) is 0 Å². The van der Waals surface area contributed by atoms with Gasteiger partial charge in [-0.05, 0) is 24.8 Å². The SMILES string of the molecule is C[Si](C)(C)C=C=C1CCCC2(CC1)OCCO2. The molecule has 0 radical (unpaired) electrons. The van der Waals surface area contributed by atoms with E-state index in [2.05, 4.69) is 31.1 Å². The van der Waals surface area contributed by atoms with Crippen LogP contribution in [0.2, 0.25) is 19.6 Å². The van der Waals surface area contributed by atoms with Gasteiger partial charge in [-0.1, -0.05) is 25.3 Å². The Bertz CT molecular complexity index is 329. The highest BCUT2D eigenvalue weighted by Crippen LogP contribution is 2.36. The van der Waals surface area contributed by atoms with E-state index in [1.165, 1.54) is 12.0 Å². The van der Waals surface area contributed by atoms with Crippen molar-refractivity contribution in [3.05, 3.63) is 17.0 Å². The maximum atomic E-state index is 5.79. The van der Waals surface area contributed by atoms with E-state index in [-0.39, 0.29) is 5.79 Å². The highest BCUT2D eigenvalue weighted by Gasteiger charge is 2.37. The minimum atomic E-state index is -1.12. The monoisotopic (exact) mass is 252 g/mol. The van der Waals surface area contributed by atoms with E-state index in [1.54, 1.807) is 0 Å². The Morgan fingerprint density at radius 2 is 1.82 bits per heavy atom. The standard InChI is InChI=1S/C14H24O2Si/c1-17(2,3)12-7-13-5-4-8-14(9-6-13)15-10-11-16-14/h12H,4-6,8-11H2,1-3H3. The van der Waals surface area contributed by atoms with Crippen molar-refractivity contribution >= 4 is 8.07 Å². The third kappa shape index (κ3) is 3.82. The third-order valence-electron chi connectivity index (χ3n) is 3.37. The molecule has 0 aromatic rings. The topological polar surface area (TPSA) is 18.5 Å². The van der Waals surface area contributed by atoms with Gasteiger partial charge in [0.05, 0.1) is 21.3 Å². The van der Waals surface area contributed by atoms with Crippen molar-refractivity contribution in [3.8, 4) is 0 Å². The van der Waals surface area contributed by atoms with Crippen LogP contribution in [0, 0.1) is 0 Å². The molecule has 0 unspecified atom stereocenters. The van der Waals surface area contributed by atoms with Crippen LogP contribution in [0.1, 0.15) is 32.1 Å². The Morgan fingerprint density at radius 1 is 1.12 bits per heavy atom. The zero-order chi connectivity index (χ0) is 12.4. The summed E-state index contributed by atoms with van der Waals surface area (Å²) in [6.07, 6.45) is 5.47. The maximum absolute atomic E-state index is 5.79. The Labute approximate surface area is 106 Å². The first-order valence-electron chi connectivity index (χ1n) is 6.73. The minimum Gasteiger partial charge on any atom is -0.348 e. The summed E-state index contributed by atoms with van der Waals surface area (Å²) in [6, 6.07) is 0. The molecular formula is C14H24O2Si. The van der Waals surface area contributed by atoms with Crippen molar-refractivity contribution in [1.82, 2.24) is 0 Å². The fraction of sp³-hybridized carbons (Fsp3) is 0.786. The largest absolute Gasteiger partial charge is 0.348 e. The molecule has 1 aliphatic carbocycles. The highest BCUT2D eigenvalue weighted by molar-refractivity contribution is 6.80. The van der Waals surface area contributed by atoms with E-state index >= 15 is 0 Å². The summed E-state index contributed by atoms with van der Waals surface area (Å²) in [5.41, 5.74) is 7.34. The summed E-state index contributed by atoms with van der Waals surface area (Å²) >= 11 is 0. The molecule has 0 aromatic heterocycles. The van der Waals surface area contributed by atoms with Crippen molar-refractivity contribution in [3.63, 3.8) is 0 Å². The predicted molar refractivity (Wildman–Crippen MR) is 72.7 cm³/mol. The lowest BCUT2D eigenvalue weighted by molar-refractivity contribution is -0.164. The smallest absolute Gasteiger partial charge is 0.168 e. The lowest BCUT2D eigenvalue weighted by Gasteiger charge is -2.25. The van der Waals surface area contributed by atoms with Crippen LogP contribution in [0.4, 0.5) is 0 Å². The zero-order valence-electron chi connectivity index (χ0n) is 11.3. The van der Waals surface area contributed by atoms with Crippen molar-refractivity contribution in [1.29, 1.82) is 0 Å². The summed E-state index contributed by atoms with van der Waals surface area (Å²) in [5.74, 6) is -0.247. The average Bonchev–Trinajstić information content (AvgIpc) is 2.58. The highest BCUT2D eigenvalue weighted by atomic mass is 28.3. The van der Waals surface area contributed by atoms with Crippen LogP contribution in [0.25, 0.3) is 0 Å². The van der Waals surface area contributed by atoms with E-state index in [1.807, 2.05) is 0 Å². The lowest BCUT2D eigenvalue weighted by atomic mass is 10.1. The van der Waals surface area contributed by atoms with Gasteiger partial charge in [0.1, 0.15) is 0 Å². The molecule has 0 amide bonds. The quantitative estimate of drug-likeness (QED) is 0.524. The Balaban J connectivity index is 2.03. The molecule has 2 nitrogen and oxygen atoms in total. The van der Waals surface area contributed by atoms with Crippen LogP contribution in [-0.4, -0.2) is 27.1 Å². The van der Waals surface area contributed by atoms with E-state index < -0.39 is 8.07 Å². The van der Waals surface area contributed by atoms with Crippen molar-refractivity contribution in [2.24, 2.45) is 0 Å². The van der Waals surface area contributed by atoms with Crippen LogP contribution >= 0.6 is 0 Å². The molecule has 2 aliphatic rings. The molecule has 0 aromatic carbocycles. The van der Waals surface area contributed by atoms with Crippen molar-refractivity contribution < 1.29 is 9.47 Å². The Kier molecular flexibility index (Phi) is 3.94. The number of allylic oxidation sites excluding steroid dienone is 1. The molecule has 2 fully saturated rings. The van der Waals surface area contributed by atoms with Crippen molar-refractivity contribution in [2.75, 3.05) is 13.2 Å². The molecule has 1 aliphatic heterocycles. The third-order valence-corrected chi connectivity index (χ3v) is 4.38. The molecule has 2 rings (SSSR count). The normalized spacial score (nSPS) is 24.5. The molecule has 0 bridgehead atoms. The van der Waals surface area contributed by atoms with Gasteiger partial charge in [0.2, 0.25) is 0 Å². The molecule has 17 heavy (non-hydrogen) atoms. The molecule has 1 saturated heterocycles. The number of hydrogen-bond acceptors (Lipinski definition) is 2. The first-order chi connectivity index (χ1) is 7.99. The van der Waals surface area contributed by atoms with Gasteiger partial charge in [-0.2, -0.15) is 0 Å². The van der Waals surface area contributed by atoms with Crippen LogP contribution in [0.15, 0.2) is 17.0 Å². The van der Waals surface area contributed by atoms with Gasteiger partial charge in [0.25, 0.3) is 0 Å². The molecule has 0 N–H and O–H groups in total. The summed E-state index contributed by atoms with van der Waals surface area (Å²) in [5, 5.41) is 0. The summed E-state index contributed by atoms with van der Waals surface area (Å²) in [6.45, 7) is 8.58.